The lowest BCUT2D eigenvalue weighted by Gasteiger charge is -2.40. The van der Waals surface area contributed by atoms with Crippen LogP contribution in [0.1, 0.15) is 42.2 Å². The highest BCUT2D eigenvalue weighted by Gasteiger charge is 2.37. The normalized spacial score (nSPS) is 19.9. The maximum absolute atomic E-state index is 12.6. The number of hydrogen-bond acceptors (Lipinski definition) is 6. The molecule has 0 aliphatic carbocycles. The molecule has 1 aromatic heterocycles. The molecule has 0 radical (unpaired) electrons. The van der Waals surface area contributed by atoms with E-state index in [0.29, 0.717) is 43.4 Å². The Morgan fingerprint density at radius 1 is 1.25 bits per heavy atom. The number of methoxy groups -OCH3 is 2. The first-order valence-electron chi connectivity index (χ1n) is 10.7. The van der Waals surface area contributed by atoms with E-state index < -0.39 is 11.4 Å². The van der Waals surface area contributed by atoms with Crippen LogP contribution in [0, 0.1) is 5.41 Å². The van der Waals surface area contributed by atoms with Crippen LogP contribution in [-0.4, -0.2) is 55.8 Å². The Morgan fingerprint density at radius 2 is 2.03 bits per heavy atom. The van der Waals surface area contributed by atoms with Gasteiger partial charge in [-0.25, -0.2) is 4.79 Å². The van der Waals surface area contributed by atoms with Gasteiger partial charge in [0.25, 0.3) is 0 Å². The molecular weight excluding hydrogens is 414 g/mol. The molecule has 2 atom stereocenters. The van der Waals surface area contributed by atoms with E-state index in [1.807, 2.05) is 16.7 Å². The predicted octanol–water partition coefficient (Wildman–Crippen LogP) is 3.16. The Morgan fingerprint density at radius 3 is 2.66 bits per heavy atom. The number of carbonyl (C=O) groups is 1. The summed E-state index contributed by atoms with van der Waals surface area (Å²) in [6, 6.07) is 5.12. The average molecular weight is 443 g/mol. The van der Waals surface area contributed by atoms with Crippen LogP contribution in [0.25, 0.3) is 11.3 Å². The molecule has 1 N–H and O–H groups in total. The summed E-state index contributed by atoms with van der Waals surface area (Å²) in [5.74, 6) is -0.0333. The van der Waals surface area contributed by atoms with Gasteiger partial charge < -0.3 is 28.6 Å². The molecule has 1 saturated heterocycles. The Bertz CT molecular complexity index is 1080. The zero-order chi connectivity index (χ0) is 23.0. The molecule has 1 fully saturated rings. The van der Waals surface area contributed by atoms with Crippen molar-refractivity contribution in [2.45, 2.75) is 38.8 Å². The Balaban J connectivity index is 1.88. The summed E-state index contributed by atoms with van der Waals surface area (Å²) in [5.41, 5.74) is 1.40. The molecule has 2 aliphatic heterocycles. The van der Waals surface area contributed by atoms with Gasteiger partial charge in [0, 0.05) is 42.8 Å². The van der Waals surface area contributed by atoms with Crippen molar-refractivity contribution in [2.75, 3.05) is 34.0 Å². The third kappa shape index (κ3) is 4.00. The second-order valence-corrected chi connectivity index (χ2v) is 9.05. The number of fused-ring (bicyclic) bond motifs is 3. The average Bonchev–Trinajstić information content (AvgIpc) is 3.25. The summed E-state index contributed by atoms with van der Waals surface area (Å²) >= 11 is 0. The summed E-state index contributed by atoms with van der Waals surface area (Å²) in [6.45, 7) is 5.84. The molecule has 2 aliphatic rings. The molecular formula is C24H29NO7. The quantitative estimate of drug-likeness (QED) is 0.702. The van der Waals surface area contributed by atoms with Crippen molar-refractivity contribution >= 4 is 5.97 Å². The lowest BCUT2D eigenvalue weighted by molar-refractivity contribution is 0.0615. The molecule has 0 amide bonds. The van der Waals surface area contributed by atoms with E-state index in [1.165, 1.54) is 12.3 Å². The summed E-state index contributed by atoms with van der Waals surface area (Å²) in [7, 11) is 3.22. The van der Waals surface area contributed by atoms with E-state index >= 15 is 0 Å². The highest BCUT2D eigenvalue weighted by Crippen LogP contribution is 2.46. The van der Waals surface area contributed by atoms with Gasteiger partial charge in [-0.3, -0.25) is 4.79 Å². The van der Waals surface area contributed by atoms with Gasteiger partial charge in [-0.15, -0.1) is 0 Å². The van der Waals surface area contributed by atoms with Crippen LogP contribution < -0.4 is 14.9 Å². The largest absolute Gasteiger partial charge is 0.493 e. The van der Waals surface area contributed by atoms with Gasteiger partial charge in [-0.1, -0.05) is 13.8 Å². The number of nitrogens with zero attached hydrogens (tertiary/aromatic N) is 1. The van der Waals surface area contributed by atoms with E-state index in [1.54, 1.807) is 14.2 Å². The SMILES string of the molecule is COCC(C)(C)C1Cc2cc(O[C@@H]3CCOC3)c(OC)cc2-c2cc(=O)c(C(=O)O)cn21. The van der Waals surface area contributed by atoms with E-state index in [-0.39, 0.29) is 23.1 Å². The van der Waals surface area contributed by atoms with Gasteiger partial charge in [0.1, 0.15) is 11.7 Å². The molecule has 1 unspecified atom stereocenters. The third-order valence-electron chi connectivity index (χ3n) is 6.32. The van der Waals surface area contributed by atoms with Crippen LogP contribution in [0.4, 0.5) is 0 Å². The highest BCUT2D eigenvalue weighted by molar-refractivity contribution is 5.88. The standard InChI is InChI=1S/C24H29NO7/c1-24(2,13-29-3)22-8-14-7-21(32-15-5-6-31-12-15)20(30-4)9-16(14)18-10-19(26)17(23(27)28)11-25(18)22/h7,9-11,15,22H,5-6,8,12-13H2,1-4H3,(H,27,28)/t15-,22?/m1/s1. The lowest BCUT2D eigenvalue weighted by Crippen LogP contribution is -2.37. The fraction of sp³-hybridized carbons (Fsp3) is 0.500. The molecule has 4 rings (SSSR count). The first-order chi connectivity index (χ1) is 15.2. The first kappa shape index (κ1) is 22.4. The van der Waals surface area contributed by atoms with Crippen molar-refractivity contribution in [3.8, 4) is 22.8 Å². The molecule has 0 bridgehead atoms. The van der Waals surface area contributed by atoms with Crippen LogP contribution in [0.2, 0.25) is 0 Å². The molecule has 172 valence electrons. The van der Waals surface area contributed by atoms with E-state index in [2.05, 4.69) is 13.8 Å². The van der Waals surface area contributed by atoms with Crippen molar-refractivity contribution in [1.29, 1.82) is 0 Å². The van der Waals surface area contributed by atoms with Crippen LogP contribution in [-0.2, 0) is 15.9 Å². The van der Waals surface area contributed by atoms with Crippen LogP contribution in [0.15, 0.2) is 29.2 Å². The second kappa shape index (κ2) is 8.60. The number of carboxylic acid groups (broad SMARTS) is 1. The van der Waals surface area contributed by atoms with Crippen molar-refractivity contribution in [3.63, 3.8) is 0 Å². The van der Waals surface area contributed by atoms with E-state index in [9.17, 15) is 14.7 Å². The van der Waals surface area contributed by atoms with Gasteiger partial charge in [-0.2, -0.15) is 0 Å². The molecule has 8 nitrogen and oxygen atoms in total. The number of pyridine rings is 1. The van der Waals surface area contributed by atoms with Crippen LogP contribution in [0.5, 0.6) is 11.5 Å². The van der Waals surface area contributed by atoms with Crippen LogP contribution in [0.3, 0.4) is 0 Å². The summed E-state index contributed by atoms with van der Waals surface area (Å²) in [4.78, 5) is 24.2. The minimum Gasteiger partial charge on any atom is -0.493 e. The summed E-state index contributed by atoms with van der Waals surface area (Å²) < 4.78 is 24.6. The number of ether oxygens (including phenoxy) is 4. The number of aromatic nitrogens is 1. The summed E-state index contributed by atoms with van der Waals surface area (Å²) in [6.07, 6.45) is 2.87. The summed E-state index contributed by atoms with van der Waals surface area (Å²) in [5, 5.41) is 9.52. The fourth-order valence-electron chi connectivity index (χ4n) is 4.66. The smallest absolute Gasteiger partial charge is 0.341 e. The molecule has 32 heavy (non-hydrogen) atoms. The van der Waals surface area contributed by atoms with Crippen molar-refractivity contribution in [3.05, 3.63) is 45.7 Å². The molecule has 0 spiro atoms. The van der Waals surface area contributed by atoms with Gasteiger partial charge in [0.05, 0.1) is 32.6 Å². The molecule has 0 saturated carbocycles. The monoisotopic (exact) mass is 443 g/mol. The fourth-order valence-corrected chi connectivity index (χ4v) is 4.66. The van der Waals surface area contributed by atoms with Gasteiger partial charge >= 0.3 is 5.97 Å². The molecule has 3 heterocycles. The number of rotatable bonds is 7. The van der Waals surface area contributed by atoms with Crippen molar-refractivity contribution in [1.82, 2.24) is 4.57 Å². The maximum atomic E-state index is 12.6. The molecule has 2 aromatic rings. The number of benzene rings is 1. The number of hydrogen-bond donors (Lipinski definition) is 1. The minimum atomic E-state index is -1.24. The van der Waals surface area contributed by atoms with Crippen molar-refractivity contribution < 1.29 is 28.8 Å². The van der Waals surface area contributed by atoms with E-state index in [0.717, 1.165) is 17.5 Å². The Kier molecular flexibility index (Phi) is 6.01. The topological polar surface area (TPSA) is 96.2 Å². The molecule has 8 heteroatoms. The number of aromatic carboxylic acids is 1. The highest BCUT2D eigenvalue weighted by atomic mass is 16.6. The maximum Gasteiger partial charge on any atom is 0.341 e. The zero-order valence-corrected chi connectivity index (χ0v) is 18.8. The minimum absolute atomic E-state index is 0.0284. The molecule has 1 aromatic carbocycles. The Hall–Kier alpha value is -2.84. The van der Waals surface area contributed by atoms with Crippen LogP contribution >= 0.6 is 0 Å². The van der Waals surface area contributed by atoms with Gasteiger partial charge in [0.15, 0.2) is 16.9 Å². The second-order valence-electron chi connectivity index (χ2n) is 9.05. The predicted molar refractivity (Wildman–Crippen MR) is 118 cm³/mol. The number of carboxylic acids is 1. The van der Waals surface area contributed by atoms with Crippen molar-refractivity contribution in [2.24, 2.45) is 5.41 Å². The first-order valence-corrected chi connectivity index (χ1v) is 10.7. The van der Waals surface area contributed by atoms with Gasteiger partial charge in [-0.05, 0) is 24.1 Å². The zero-order valence-electron chi connectivity index (χ0n) is 18.8. The lowest BCUT2D eigenvalue weighted by atomic mass is 9.77. The Labute approximate surface area is 186 Å². The van der Waals surface area contributed by atoms with E-state index in [4.69, 9.17) is 18.9 Å². The third-order valence-corrected chi connectivity index (χ3v) is 6.32. The van der Waals surface area contributed by atoms with Gasteiger partial charge in [0.2, 0.25) is 0 Å².